The minimum Gasteiger partial charge on any atom is -0.387 e. The van der Waals surface area contributed by atoms with Crippen LogP contribution in [0.2, 0.25) is 0 Å². The average Bonchev–Trinajstić information content (AvgIpc) is 2.91. The molecule has 1 amide bonds. The van der Waals surface area contributed by atoms with E-state index in [1.807, 2.05) is 10.9 Å². The standard InChI is InChI=1S/C17H21N3O2/c1-11-6-12(2)8-13(7-11)20-16-5-3-4-15(14(16)9-18-20)19-17(22)10-21/h6-9,15,21H,3-5,10H2,1-2H3,(H,19,22). The first-order valence-corrected chi connectivity index (χ1v) is 7.64. The van der Waals surface area contributed by atoms with Gasteiger partial charge in [-0.2, -0.15) is 5.10 Å². The molecule has 3 rings (SSSR count). The summed E-state index contributed by atoms with van der Waals surface area (Å²) in [6, 6.07) is 6.33. The van der Waals surface area contributed by atoms with Crippen LogP contribution in [0.15, 0.2) is 24.4 Å². The molecule has 0 saturated carbocycles. The molecule has 2 aromatic rings. The first-order valence-electron chi connectivity index (χ1n) is 7.64. The minimum absolute atomic E-state index is 0.0527. The van der Waals surface area contributed by atoms with Crippen molar-refractivity contribution in [3.63, 3.8) is 0 Å². The molecule has 0 saturated heterocycles. The normalized spacial score (nSPS) is 17.1. The third kappa shape index (κ3) is 2.76. The number of aliphatic hydroxyl groups is 1. The van der Waals surface area contributed by atoms with Gasteiger partial charge in [0.15, 0.2) is 0 Å². The molecule has 22 heavy (non-hydrogen) atoms. The number of aliphatic hydroxyl groups excluding tert-OH is 1. The first-order chi connectivity index (χ1) is 10.6. The number of rotatable bonds is 3. The molecule has 5 heteroatoms. The van der Waals surface area contributed by atoms with Gasteiger partial charge in [0.1, 0.15) is 6.61 Å². The number of carbonyl (C=O) groups excluding carboxylic acids is 1. The smallest absolute Gasteiger partial charge is 0.246 e. The molecule has 1 aliphatic rings. The lowest BCUT2D eigenvalue weighted by Gasteiger charge is -2.24. The molecule has 0 spiro atoms. The molecule has 1 heterocycles. The molecule has 1 unspecified atom stereocenters. The molecule has 116 valence electrons. The largest absolute Gasteiger partial charge is 0.387 e. The van der Waals surface area contributed by atoms with Gasteiger partial charge in [0.05, 0.1) is 17.9 Å². The van der Waals surface area contributed by atoms with Crippen LogP contribution in [0.3, 0.4) is 0 Å². The van der Waals surface area contributed by atoms with E-state index in [0.29, 0.717) is 0 Å². The summed E-state index contributed by atoms with van der Waals surface area (Å²) in [7, 11) is 0. The predicted octanol–water partition coefficient (Wildman–Crippen LogP) is 1.98. The van der Waals surface area contributed by atoms with E-state index in [4.69, 9.17) is 5.11 Å². The molecule has 5 nitrogen and oxygen atoms in total. The summed E-state index contributed by atoms with van der Waals surface area (Å²) in [5, 5.41) is 16.3. The van der Waals surface area contributed by atoms with Crippen molar-refractivity contribution < 1.29 is 9.90 Å². The molecule has 0 fully saturated rings. The van der Waals surface area contributed by atoms with E-state index in [1.165, 1.54) is 11.1 Å². The van der Waals surface area contributed by atoms with Gasteiger partial charge in [-0.1, -0.05) is 6.07 Å². The fourth-order valence-corrected chi connectivity index (χ4v) is 3.24. The van der Waals surface area contributed by atoms with Crippen LogP contribution in [0.4, 0.5) is 0 Å². The number of fused-ring (bicyclic) bond motifs is 1. The molecule has 0 bridgehead atoms. The highest BCUT2D eigenvalue weighted by atomic mass is 16.3. The summed E-state index contributed by atoms with van der Waals surface area (Å²) >= 11 is 0. The van der Waals surface area contributed by atoms with Gasteiger partial charge in [-0.25, -0.2) is 4.68 Å². The summed E-state index contributed by atoms with van der Waals surface area (Å²) in [4.78, 5) is 11.5. The highest BCUT2D eigenvalue weighted by Gasteiger charge is 2.25. The Morgan fingerprint density at radius 3 is 2.77 bits per heavy atom. The van der Waals surface area contributed by atoms with Crippen molar-refractivity contribution in [1.29, 1.82) is 0 Å². The Hall–Kier alpha value is -2.14. The number of nitrogens with one attached hydrogen (secondary N) is 1. The van der Waals surface area contributed by atoms with Crippen LogP contribution in [0.5, 0.6) is 0 Å². The van der Waals surface area contributed by atoms with Gasteiger partial charge in [0.25, 0.3) is 0 Å². The van der Waals surface area contributed by atoms with Crippen molar-refractivity contribution in [3.8, 4) is 5.69 Å². The van der Waals surface area contributed by atoms with Crippen molar-refractivity contribution in [1.82, 2.24) is 15.1 Å². The Morgan fingerprint density at radius 1 is 1.36 bits per heavy atom. The number of nitrogens with zero attached hydrogens (tertiary/aromatic N) is 2. The van der Waals surface area contributed by atoms with Crippen LogP contribution in [0.1, 0.15) is 41.3 Å². The molecule has 1 aromatic heterocycles. The Kier molecular flexibility index (Phi) is 3.98. The second kappa shape index (κ2) is 5.93. The Labute approximate surface area is 130 Å². The number of aromatic nitrogens is 2. The van der Waals surface area contributed by atoms with Crippen LogP contribution >= 0.6 is 0 Å². The van der Waals surface area contributed by atoms with E-state index in [1.54, 1.807) is 0 Å². The number of hydrogen-bond acceptors (Lipinski definition) is 3. The van der Waals surface area contributed by atoms with Crippen molar-refractivity contribution in [2.75, 3.05) is 6.61 Å². The van der Waals surface area contributed by atoms with E-state index in [9.17, 15) is 4.79 Å². The van der Waals surface area contributed by atoms with Crippen LogP contribution in [-0.2, 0) is 11.2 Å². The topological polar surface area (TPSA) is 67.2 Å². The minimum atomic E-state index is -0.475. The maximum atomic E-state index is 11.5. The van der Waals surface area contributed by atoms with E-state index in [-0.39, 0.29) is 11.9 Å². The molecule has 1 atom stereocenters. The molecular weight excluding hydrogens is 278 g/mol. The average molecular weight is 299 g/mol. The Balaban J connectivity index is 1.98. The van der Waals surface area contributed by atoms with Crippen LogP contribution in [0.25, 0.3) is 5.69 Å². The van der Waals surface area contributed by atoms with E-state index >= 15 is 0 Å². The van der Waals surface area contributed by atoms with E-state index in [2.05, 4.69) is 42.5 Å². The molecule has 1 aliphatic carbocycles. The van der Waals surface area contributed by atoms with Crippen LogP contribution in [0, 0.1) is 13.8 Å². The lowest BCUT2D eigenvalue weighted by Crippen LogP contribution is -2.32. The quantitative estimate of drug-likeness (QED) is 0.910. The zero-order valence-electron chi connectivity index (χ0n) is 13.0. The summed E-state index contributed by atoms with van der Waals surface area (Å²) in [6.45, 7) is 3.69. The van der Waals surface area contributed by atoms with Gasteiger partial charge in [-0.15, -0.1) is 0 Å². The third-order valence-electron chi connectivity index (χ3n) is 4.11. The molecule has 1 aromatic carbocycles. The van der Waals surface area contributed by atoms with Gasteiger partial charge in [-0.05, 0) is 56.4 Å². The van der Waals surface area contributed by atoms with Crippen molar-refractivity contribution in [2.24, 2.45) is 0 Å². The van der Waals surface area contributed by atoms with Crippen LogP contribution < -0.4 is 5.32 Å². The number of amides is 1. The molecule has 2 N–H and O–H groups in total. The predicted molar refractivity (Wildman–Crippen MR) is 83.9 cm³/mol. The maximum absolute atomic E-state index is 11.5. The van der Waals surface area contributed by atoms with Gasteiger partial charge >= 0.3 is 0 Å². The molecular formula is C17H21N3O2. The summed E-state index contributed by atoms with van der Waals surface area (Å²) < 4.78 is 1.98. The summed E-state index contributed by atoms with van der Waals surface area (Å²) in [5.74, 6) is -0.336. The van der Waals surface area contributed by atoms with Crippen molar-refractivity contribution >= 4 is 5.91 Å². The zero-order valence-corrected chi connectivity index (χ0v) is 13.0. The summed E-state index contributed by atoms with van der Waals surface area (Å²) in [5.41, 5.74) is 5.69. The first kappa shape index (κ1) is 14.8. The number of benzene rings is 1. The van der Waals surface area contributed by atoms with Gasteiger partial charge in [0, 0.05) is 11.3 Å². The lowest BCUT2D eigenvalue weighted by atomic mass is 9.93. The Morgan fingerprint density at radius 2 is 2.09 bits per heavy atom. The number of carbonyl (C=O) groups is 1. The van der Waals surface area contributed by atoms with Gasteiger partial charge in [0.2, 0.25) is 5.91 Å². The maximum Gasteiger partial charge on any atom is 0.246 e. The second-order valence-electron chi connectivity index (χ2n) is 5.97. The second-order valence-corrected chi connectivity index (χ2v) is 5.97. The van der Waals surface area contributed by atoms with Crippen molar-refractivity contribution in [2.45, 2.75) is 39.2 Å². The zero-order chi connectivity index (χ0) is 15.7. The highest BCUT2D eigenvalue weighted by molar-refractivity contribution is 5.77. The highest BCUT2D eigenvalue weighted by Crippen LogP contribution is 2.31. The Bertz CT molecular complexity index is 686. The monoisotopic (exact) mass is 299 g/mol. The van der Waals surface area contributed by atoms with Crippen LogP contribution in [-0.4, -0.2) is 27.4 Å². The van der Waals surface area contributed by atoms with Gasteiger partial charge in [-0.3, -0.25) is 4.79 Å². The summed E-state index contributed by atoms with van der Waals surface area (Å²) in [6.07, 6.45) is 4.68. The van der Waals surface area contributed by atoms with Crippen molar-refractivity contribution in [3.05, 3.63) is 46.8 Å². The van der Waals surface area contributed by atoms with E-state index < -0.39 is 6.61 Å². The lowest BCUT2D eigenvalue weighted by molar-refractivity contribution is -0.124. The van der Waals surface area contributed by atoms with Gasteiger partial charge < -0.3 is 10.4 Å². The molecule has 0 aliphatic heterocycles. The number of hydrogen-bond donors (Lipinski definition) is 2. The fourth-order valence-electron chi connectivity index (χ4n) is 3.24. The fraction of sp³-hybridized carbons (Fsp3) is 0.412. The third-order valence-corrected chi connectivity index (χ3v) is 4.11. The number of aryl methyl sites for hydroxylation is 2. The van der Waals surface area contributed by atoms with E-state index in [0.717, 1.165) is 36.2 Å². The molecule has 0 radical (unpaired) electrons. The SMILES string of the molecule is Cc1cc(C)cc(-n2ncc3c2CCCC3NC(=O)CO)c1.